The number of Topliss-reactive ketones (excluding diaryl/α,β-unsaturated/α-hetero) is 1. The molecule has 1 atom stereocenters. The molecule has 0 bridgehead atoms. The highest BCUT2D eigenvalue weighted by molar-refractivity contribution is 9.11. The number of benzene rings is 1. The maximum Gasteiger partial charge on any atom is 0.166 e. The molecule has 0 radical (unpaired) electrons. The van der Waals surface area contributed by atoms with E-state index in [9.17, 15) is 4.79 Å². The Balaban J connectivity index is 3.06. The average Bonchev–Trinajstić information content (AvgIpc) is 2.19. The molecule has 0 aliphatic heterocycles. The Bertz CT molecular complexity index is 347. The van der Waals surface area contributed by atoms with E-state index >= 15 is 0 Å². The third kappa shape index (κ3) is 2.67. The summed E-state index contributed by atoms with van der Waals surface area (Å²) in [4.78, 5) is 11.9. The van der Waals surface area contributed by atoms with E-state index in [1.807, 2.05) is 32.0 Å². The van der Waals surface area contributed by atoms with Crippen LogP contribution < -0.4 is 0 Å². The quantitative estimate of drug-likeness (QED) is 0.753. The second-order valence-corrected chi connectivity index (χ2v) is 5.07. The van der Waals surface area contributed by atoms with Crippen LogP contribution >= 0.6 is 31.9 Å². The van der Waals surface area contributed by atoms with Crippen LogP contribution in [0.15, 0.2) is 27.1 Å². The van der Waals surface area contributed by atoms with E-state index in [4.69, 9.17) is 0 Å². The lowest BCUT2D eigenvalue weighted by Gasteiger charge is -2.09. The standard InChI is InChI=1S/C11H12Br2O/c1-3-7(2)11(14)9-6-8(12)4-5-10(9)13/h4-7H,3H2,1-2H3. The first-order valence-corrected chi connectivity index (χ1v) is 6.14. The van der Waals surface area contributed by atoms with Gasteiger partial charge in [-0.3, -0.25) is 4.79 Å². The highest BCUT2D eigenvalue weighted by Crippen LogP contribution is 2.24. The first-order valence-electron chi connectivity index (χ1n) is 4.55. The van der Waals surface area contributed by atoms with Crippen LogP contribution in [0.2, 0.25) is 0 Å². The zero-order chi connectivity index (χ0) is 10.7. The monoisotopic (exact) mass is 318 g/mol. The van der Waals surface area contributed by atoms with Gasteiger partial charge in [-0.2, -0.15) is 0 Å². The molecule has 0 aliphatic carbocycles. The molecule has 1 nitrogen and oxygen atoms in total. The number of ketones is 1. The van der Waals surface area contributed by atoms with Crippen molar-refractivity contribution in [1.29, 1.82) is 0 Å². The predicted octanol–water partition coefficient (Wildman–Crippen LogP) is 4.44. The van der Waals surface area contributed by atoms with E-state index in [-0.39, 0.29) is 11.7 Å². The molecule has 1 aromatic rings. The van der Waals surface area contributed by atoms with Gasteiger partial charge in [-0.05, 0) is 24.6 Å². The zero-order valence-electron chi connectivity index (χ0n) is 8.18. The van der Waals surface area contributed by atoms with Crippen LogP contribution in [0.1, 0.15) is 30.6 Å². The molecule has 0 N–H and O–H groups in total. The topological polar surface area (TPSA) is 17.1 Å². The van der Waals surface area contributed by atoms with Gasteiger partial charge < -0.3 is 0 Å². The Hall–Kier alpha value is -0.150. The minimum atomic E-state index is 0.0839. The van der Waals surface area contributed by atoms with Gasteiger partial charge in [0, 0.05) is 20.4 Å². The van der Waals surface area contributed by atoms with E-state index in [0.29, 0.717) is 0 Å². The highest BCUT2D eigenvalue weighted by Gasteiger charge is 2.16. The fraction of sp³-hybridized carbons (Fsp3) is 0.364. The summed E-state index contributed by atoms with van der Waals surface area (Å²) in [6, 6.07) is 5.66. The van der Waals surface area contributed by atoms with Crippen LogP contribution in [0.4, 0.5) is 0 Å². The maximum atomic E-state index is 11.9. The summed E-state index contributed by atoms with van der Waals surface area (Å²) in [6.07, 6.45) is 0.873. The lowest BCUT2D eigenvalue weighted by atomic mass is 9.97. The van der Waals surface area contributed by atoms with Crippen LogP contribution in [-0.2, 0) is 0 Å². The second-order valence-electron chi connectivity index (χ2n) is 3.30. The summed E-state index contributed by atoms with van der Waals surface area (Å²) < 4.78 is 1.80. The molecule has 76 valence electrons. The van der Waals surface area contributed by atoms with Gasteiger partial charge in [-0.15, -0.1) is 0 Å². The van der Waals surface area contributed by atoms with Crippen molar-refractivity contribution in [3.05, 3.63) is 32.7 Å². The van der Waals surface area contributed by atoms with Crippen LogP contribution in [0.5, 0.6) is 0 Å². The Morgan fingerprint density at radius 3 is 2.64 bits per heavy atom. The molecule has 0 aliphatic rings. The second kappa shape index (κ2) is 5.08. The molecule has 14 heavy (non-hydrogen) atoms. The van der Waals surface area contributed by atoms with Gasteiger partial charge in [-0.25, -0.2) is 0 Å². The normalized spacial score (nSPS) is 12.6. The van der Waals surface area contributed by atoms with Crippen molar-refractivity contribution in [2.75, 3.05) is 0 Å². The molecular weight excluding hydrogens is 308 g/mol. The van der Waals surface area contributed by atoms with Gasteiger partial charge in [-0.1, -0.05) is 45.7 Å². The molecule has 0 aromatic heterocycles. The number of carbonyl (C=O) groups excluding carboxylic acids is 1. The molecule has 0 spiro atoms. The molecule has 0 amide bonds. The van der Waals surface area contributed by atoms with Gasteiger partial charge in [0.05, 0.1) is 0 Å². The molecular formula is C11H12Br2O. The van der Waals surface area contributed by atoms with Crippen molar-refractivity contribution < 1.29 is 4.79 Å². The van der Waals surface area contributed by atoms with Gasteiger partial charge in [0.25, 0.3) is 0 Å². The number of halogens is 2. The Labute approximate surface area is 101 Å². The third-order valence-corrected chi connectivity index (χ3v) is 3.44. The largest absolute Gasteiger partial charge is 0.294 e. The van der Waals surface area contributed by atoms with E-state index in [0.717, 1.165) is 20.9 Å². The zero-order valence-corrected chi connectivity index (χ0v) is 11.4. The van der Waals surface area contributed by atoms with Crippen molar-refractivity contribution in [3.63, 3.8) is 0 Å². The average molecular weight is 320 g/mol. The van der Waals surface area contributed by atoms with Gasteiger partial charge in [0.15, 0.2) is 5.78 Å². The molecule has 0 heterocycles. The van der Waals surface area contributed by atoms with Crippen molar-refractivity contribution in [1.82, 2.24) is 0 Å². The lowest BCUT2D eigenvalue weighted by molar-refractivity contribution is 0.0926. The maximum absolute atomic E-state index is 11.9. The van der Waals surface area contributed by atoms with E-state index in [1.165, 1.54) is 0 Å². The summed E-state index contributed by atoms with van der Waals surface area (Å²) in [5, 5.41) is 0. The van der Waals surface area contributed by atoms with Crippen LogP contribution in [0.25, 0.3) is 0 Å². The van der Waals surface area contributed by atoms with E-state index < -0.39 is 0 Å². The lowest BCUT2D eigenvalue weighted by Crippen LogP contribution is -2.10. The molecule has 0 saturated carbocycles. The molecule has 1 aromatic carbocycles. The summed E-state index contributed by atoms with van der Waals surface area (Å²) in [5.41, 5.74) is 0.758. The molecule has 0 saturated heterocycles. The van der Waals surface area contributed by atoms with Gasteiger partial charge in [0.2, 0.25) is 0 Å². The SMILES string of the molecule is CCC(C)C(=O)c1cc(Br)ccc1Br. The third-order valence-electron chi connectivity index (χ3n) is 2.25. The fourth-order valence-corrected chi connectivity index (χ4v) is 1.94. The smallest absolute Gasteiger partial charge is 0.166 e. The molecule has 0 fully saturated rings. The highest BCUT2D eigenvalue weighted by atomic mass is 79.9. The summed E-state index contributed by atoms with van der Waals surface area (Å²) in [7, 11) is 0. The molecule has 1 rings (SSSR count). The molecule has 3 heteroatoms. The van der Waals surface area contributed by atoms with Crippen molar-refractivity contribution in [2.45, 2.75) is 20.3 Å². The minimum Gasteiger partial charge on any atom is -0.294 e. The fourth-order valence-electron chi connectivity index (χ4n) is 1.14. The van der Waals surface area contributed by atoms with E-state index in [2.05, 4.69) is 31.9 Å². The van der Waals surface area contributed by atoms with Crippen LogP contribution in [0, 0.1) is 5.92 Å². The number of hydrogen-bond acceptors (Lipinski definition) is 1. The Kier molecular flexibility index (Phi) is 4.32. The van der Waals surface area contributed by atoms with Gasteiger partial charge >= 0.3 is 0 Å². The Morgan fingerprint density at radius 1 is 1.43 bits per heavy atom. The van der Waals surface area contributed by atoms with E-state index in [1.54, 1.807) is 0 Å². The van der Waals surface area contributed by atoms with Crippen LogP contribution in [0.3, 0.4) is 0 Å². The predicted molar refractivity (Wildman–Crippen MR) is 65.6 cm³/mol. The summed E-state index contributed by atoms with van der Waals surface area (Å²) in [6.45, 7) is 3.98. The minimum absolute atomic E-state index is 0.0839. The van der Waals surface area contributed by atoms with Crippen LogP contribution in [-0.4, -0.2) is 5.78 Å². The summed E-state index contributed by atoms with van der Waals surface area (Å²) >= 11 is 6.75. The number of carbonyl (C=O) groups is 1. The number of hydrogen-bond donors (Lipinski definition) is 0. The first kappa shape index (κ1) is 11.9. The van der Waals surface area contributed by atoms with Crippen molar-refractivity contribution in [2.24, 2.45) is 5.92 Å². The van der Waals surface area contributed by atoms with Crippen molar-refractivity contribution >= 4 is 37.6 Å². The number of rotatable bonds is 3. The molecule has 1 unspecified atom stereocenters. The van der Waals surface area contributed by atoms with Gasteiger partial charge in [0.1, 0.15) is 0 Å². The Morgan fingerprint density at radius 2 is 2.07 bits per heavy atom. The summed E-state index contributed by atoms with van der Waals surface area (Å²) in [5.74, 6) is 0.279. The van der Waals surface area contributed by atoms with Crippen molar-refractivity contribution in [3.8, 4) is 0 Å². The first-order chi connectivity index (χ1) is 6.56.